The lowest BCUT2D eigenvalue weighted by Crippen LogP contribution is -2.26. The van der Waals surface area contributed by atoms with E-state index < -0.39 is 5.91 Å². The quantitative estimate of drug-likeness (QED) is 0.499. The molecule has 0 unspecified atom stereocenters. The molecule has 0 aliphatic heterocycles. The first-order valence-electron chi connectivity index (χ1n) is 6.70. The van der Waals surface area contributed by atoms with Crippen molar-refractivity contribution in [3.63, 3.8) is 0 Å². The zero-order valence-electron chi connectivity index (χ0n) is 12.5. The Morgan fingerprint density at radius 2 is 1.95 bits per heavy atom. The van der Waals surface area contributed by atoms with Crippen LogP contribution in [0, 0.1) is 11.3 Å². The summed E-state index contributed by atoms with van der Waals surface area (Å²) in [7, 11) is 0. The summed E-state index contributed by atoms with van der Waals surface area (Å²) in [6.45, 7) is 6.76. The second kappa shape index (κ2) is 7.70. The number of amides is 1. The van der Waals surface area contributed by atoms with E-state index in [0.29, 0.717) is 12.4 Å². The van der Waals surface area contributed by atoms with E-state index in [9.17, 15) is 4.79 Å². The molecule has 0 fully saturated rings. The highest BCUT2D eigenvalue weighted by atomic mass is 35.5. The smallest absolute Gasteiger partial charge is 0.263 e. The first-order chi connectivity index (χ1) is 9.88. The van der Waals surface area contributed by atoms with Gasteiger partial charge in [-0.15, -0.1) is 11.6 Å². The Morgan fingerprint density at radius 1 is 1.33 bits per heavy atom. The average molecular weight is 306 g/mol. The van der Waals surface area contributed by atoms with E-state index in [1.807, 2.05) is 30.3 Å². The van der Waals surface area contributed by atoms with E-state index in [2.05, 4.69) is 31.4 Å². The predicted octanol–water partition coefficient (Wildman–Crippen LogP) is 3.16. The van der Waals surface area contributed by atoms with Gasteiger partial charge in [-0.1, -0.05) is 32.9 Å². The molecular formula is C16H20ClN3O. The van der Waals surface area contributed by atoms with Gasteiger partial charge in [0.2, 0.25) is 0 Å². The van der Waals surface area contributed by atoms with Crippen LogP contribution in [0.5, 0.6) is 0 Å². The van der Waals surface area contributed by atoms with Crippen molar-refractivity contribution in [1.29, 1.82) is 5.26 Å². The Balaban J connectivity index is 2.74. The number of carbonyl (C=O) groups excluding carboxylic acids is 1. The number of anilines is 1. The van der Waals surface area contributed by atoms with Crippen molar-refractivity contribution in [2.75, 3.05) is 17.7 Å². The zero-order chi connectivity index (χ0) is 15.9. The number of nitrogens with zero attached hydrogens (tertiary/aromatic N) is 1. The predicted molar refractivity (Wildman–Crippen MR) is 86.2 cm³/mol. The van der Waals surface area contributed by atoms with E-state index in [1.54, 1.807) is 0 Å². The van der Waals surface area contributed by atoms with Gasteiger partial charge in [-0.3, -0.25) is 4.79 Å². The molecule has 1 amide bonds. The van der Waals surface area contributed by atoms with Crippen molar-refractivity contribution < 1.29 is 4.79 Å². The Bertz CT molecular complexity index is 550. The van der Waals surface area contributed by atoms with Crippen LogP contribution in [0.3, 0.4) is 0 Å². The largest absolute Gasteiger partial charge is 0.360 e. The lowest BCUT2D eigenvalue weighted by Gasteiger charge is -2.19. The van der Waals surface area contributed by atoms with Gasteiger partial charge in [0.15, 0.2) is 0 Å². The third-order valence-corrected chi connectivity index (χ3v) is 3.07. The lowest BCUT2D eigenvalue weighted by atomic mass is 9.87. The molecule has 0 radical (unpaired) electrons. The minimum Gasteiger partial charge on any atom is -0.360 e. The normalized spacial score (nSPS) is 11.7. The number of benzene rings is 1. The topological polar surface area (TPSA) is 64.9 Å². The summed E-state index contributed by atoms with van der Waals surface area (Å²) in [5, 5.41) is 14.5. The second-order valence-electron chi connectivity index (χ2n) is 5.59. The molecule has 0 spiro atoms. The summed E-state index contributed by atoms with van der Waals surface area (Å²) in [6, 6.07) is 9.75. The van der Waals surface area contributed by atoms with Gasteiger partial charge >= 0.3 is 0 Å². The minimum absolute atomic E-state index is 0.0139. The van der Waals surface area contributed by atoms with Crippen LogP contribution in [0.25, 0.3) is 0 Å². The summed E-state index contributed by atoms with van der Waals surface area (Å²) >= 11 is 5.49. The van der Waals surface area contributed by atoms with Gasteiger partial charge in [0.1, 0.15) is 11.6 Å². The van der Waals surface area contributed by atoms with Gasteiger partial charge in [0, 0.05) is 24.3 Å². The second-order valence-corrected chi connectivity index (χ2v) is 5.96. The van der Waals surface area contributed by atoms with Crippen LogP contribution in [-0.4, -0.2) is 18.3 Å². The molecule has 0 aliphatic carbocycles. The molecule has 0 saturated heterocycles. The molecule has 0 saturated carbocycles. The van der Waals surface area contributed by atoms with E-state index in [0.717, 1.165) is 5.69 Å². The summed E-state index contributed by atoms with van der Waals surface area (Å²) in [6.07, 6.45) is 1.40. The van der Waals surface area contributed by atoms with Crippen LogP contribution < -0.4 is 10.6 Å². The van der Waals surface area contributed by atoms with Gasteiger partial charge in [0.25, 0.3) is 5.91 Å². The highest BCUT2D eigenvalue weighted by Crippen LogP contribution is 2.23. The van der Waals surface area contributed by atoms with Gasteiger partial charge in [-0.25, -0.2) is 0 Å². The molecule has 1 aromatic carbocycles. The summed E-state index contributed by atoms with van der Waals surface area (Å²) in [5.74, 6) is -0.122. The monoisotopic (exact) mass is 305 g/mol. The summed E-state index contributed by atoms with van der Waals surface area (Å²) in [5.41, 5.74) is 2.14. The van der Waals surface area contributed by atoms with Crippen molar-refractivity contribution in [2.45, 2.75) is 26.2 Å². The molecule has 0 bridgehead atoms. The van der Waals surface area contributed by atoms with Crippen LogP contribution in [0.2, 0.25) is 0 Å². The Hall–Kier alpha value is -1.99. The molecule has 112 valence electrons. The van der Waals surface area contributed by atoms with Gasteiger partial charge in [-0.05, 0) is 23.1 Å². The van der Waals surface area contributed by atoms with Crippen LogP contribution in [-0.2, 0) is 10.2 Å². The fraction of sp³-hybridized carbons (Fsp3) is 0.375. The lowest BCUT2D eigenvalue weighted by molar-refractivity contribution is -0.117. The standard InChI is InChI=1S/C16H20ClN3O/c1-16(2,3)13-4-6-14(7-5-13)20-11-12(10-18)15(21)19-9-8-17/h4-7,11,20H,8-9H2,1-3H3,(H,19,21)/b12-11-. The molecule has 21 heavy (non-hydrogen) atoms. The van der Waals surface area contributed by atoms with Crippen molar-refractivity contribution in [1.82, 2.24) is 5.32 Å². The van der Waals surface area contributed by atoms with Crippen molar-refractivity contribution in [3.8, 4) is 6.07 Å². The highest BCUT2D eigenvalue weighted by Gasteiger charge is 2.12. The molecule has 0 aromatic heterocycles. The molecular weight excluding hydrogens is 286 g/mol. The van der Waals surface area contributed by atoms with Crippen molar-refractivity contribution in [2.24, 2.45) is 0 Å². The van der Waals surface area contributed by atoms with E-state index in [-0.39, 0.29) is 11.0 Å². The van der Waals surface area contributed by atoms with Crippen molar-refractivity contribution >= 4 is 23.2 Å². The Labute approximate surface area is 130 Å². The van der Waals surface area contributed by atoms with Gasteiger partial charge < -0.3 is 10.6 Å². The molecule has 2 N–H and O–H groups in total. The molecule has 0 aliphatic rings. The summed E-state index contributed by atoms with van der Waals surface area (Å²) < 4.78 is 0. The van der Waals surface area contributed by atoms with Gasteiger partial charge in [0.05, 0.1) is 0 Å². The molecule has 4 nitrogen and oxygen atoms in total. The number of halogens is 1. The van der Waals surface area contributed by atoms with E-state index >= 15 is 0 Å². The first kappa shape index (κ1) is 17.1. The van der Waals surface area contributed by atoms with Crippen LogP contribution in [0.1, 0.15) is 26.3 Å². The average Bonchev–Trinajstić information content (AvgIpc) is 2.45. The third-order valence-electron chi connectivity index (χ3n) is 2.88. The molecule has 0 heterocycles. The van der Waals surface area contributed by atoms with Crippen LogP contribution in [0.15, 0.2) is 36.0 Å². The Morgan fingerprint density at radius 3 is 2.43 bits per heavy atom. The number of alkyl halides is 1. The van der Waals surface area contributed by atoms with Crippen molar-refractivity contribution in [3.05, 3.63) is 41.6 Å². The number of rotatable bonds is 5. The molecule has 5 heteroatoms. The number of hydrogen-bond donors (Lipinski definition) is 2. The number of nitrogens with one attached hydrogen (secondary N) is 2. The summed E-state index contributed by atoms with van der Waals surface area (Å²) in [4.78, 5) is 11.6. The number of carbonyl (C=O) groups is 1. The number of nitriles is 1. The minimum atomic E-state index is -0.433. The highest BCUT2D eigenvalue weighted by molar-refractivity contribution is 6.18. The van der Waals surface area contributed by atoms with Crippen LogP contribution in [0.4, 0.5) is 5.69 Å². The first-order valence-corrected chi connectivity index (χ1v) is 7.23. The van der Waals surface area contributed by atoms with Crippen LogP contribution >= 0.6 is 11.6 Å². The van der Waals surface area contributed by atoms with E-state index in [1.165, 1.54) is 11.8 Å². The Kier molecular flexibility index (Phi) is 6.26. The van der Waals surface area contributed by atoms with E-state index in [4.69, 9.17) is 16.9 Å². The SMILES string of the molecule is CC(C)(C)c1ccc(N/C=C(/C#N)C(=O)NCCCl)cc1. The fourth-order valence-corrected chi connectivity index (χ4v) is 1.72. The third kappa shape index (κ3) is 5.49. The maximum Gasteiger partial charge on any atom is 0.263 e. The fourth-order valence-electron chi connectivity index (χ4n) is 1.63. The zero-order valence-corrected chi connectivity index (χ0v) is 13.3. The molecule has 1 rings (SSSR count). The molecule has 1 aromatic rings. The maximum atomic E-state index is 11.6. The maximum absolute atomic E-state index is 11.6. The number of hydrogen-bond acceptors (Lipinski definition) is 3. The van der Waals surface area contributed by atoms with Gasteiger partial charge in [-0.2, -0.15) is 5.26 Å². The molecule has 0 atom stereocenters.